The third-order valence-electron chi connectivity index (χ3n) is 4.25. The summed E-state index contributed by atoms with van der Waals surface area (Å²) in [6, 6.07) is 0. The topological polar surface area (TPSA) is 80.6 Å². The van der Waals surface area contributed by atoms with Gasteiger partial charge in [-0.2, -0.15) is 4.31 Å². The van der Waals surface area contributed by atoms with E-state index in [1.807, 2.05) is 18.8 Å². The van der Waals surface area contributed by atoms with Crippen LogP contribution in [-0.4, -0.2) is 71.7 Å². The molecule has 0 saturated heterocycles. The van der Waals surface area contributed by atoms with Crippen LogP contribution in [0.2, 0.25) is 0 Å². The van der Waals surface area contributed by atoms with E-state index in [2.05, 4.69) is 15.2 Å². The normalized spacial score (nSPS) is 19.8. The van der Waals surface area contributed by atoms with Crippen LogP contribution in [0.3, 0.4) is 0 Å². The molecule has 0 N–H and O–H groups in total. The number of sulfonamides is 1. The Hall–Kier alpha value is -1.03. The molecule has 0 bridgehead atoms. The SMILES string of the molecule is CN(C)CCOCc1nnn2c1CN(S(=O)(=O)C1CC1)CCC2. The summed E-state index contributed by atoms with van der Waals surface area (Å²) >= 11 is 0. The van der Waals surface area contributed by atoms with Crippen LogP contribution in [0.25, 0.3) is 0 Å². The van der Waals surface area contributed by atoms with Crippen molar-refractivity contribution in [3.63, 3.8) is 0 Å². The van der Waals surface area contributed by atoms with Crippen LogP contribution in [0.4, 0.5) is 0 Å². The maximum absolute atomic E-state index is 12.5. The van der Waals surface area contributed by atoms with E-state index in [1.165, 1.54) is 0 Å². The molecule has 1 aromatic rings. The van der Waals surface area contributed by atoms with Gasteiger partial charge in [-0.15, -0.1) is 5.10 Å². The zero-order valence-corrected chi connectivity index (χ0v) is 14.6. The highest BCUT2D eigenvalue weighted by Crippen LogP contribution is 2.32. The van der Waals surface area contributed by atoms with Crippen molar-refractivity contribution >= 4 is 10.0 Å². The first-order chi connectivity index (χ1) is 11.0. The van der Waals surface area contributed by atoms with Gasteiger partial charge in [0.05, 0.1) is 30.7 Å². The zero-order chi connectivity index (χ0) is 16.4. The van der Waals surface area contributed by atoms with Gasteiger partial charge in [0.2, 0.25) is 10.0 Å². The predicted molar refractivity (Wildman–Crippen MR) is 85.2 cm³/mol. The summed E-state index contributed by atoms with van der Waals surface area (Å²) in [6.45, 7) is 3.45. The van der Waals surface area contributed by atoms with Gasteiger partial charge in [0.25, 0.3) is 0 Å². The summed E-state index contributed by atoms with van der Waals surface area (Å²) in [4.78, 5) is 2.05. The van der Waals surface area contributed by atoms with Crippen molar-refractivity contribution in [3.8, 4) is 0 Å². The van der Waals surface area contributed by atoms with Gasteiger partial charge in [-0.1, -0.05) is 5.21 Å². The van der Waals surface area contributed by atoms with E-state index in [4.69, 9.17) is 4.74 Å². The fourth-order valence-electron chi connectivity index (χ4n) is 2.69. The standard InChI is InChI=1S/C14H25N5O3S/c1-17(2)8-9-22-11-13-14-10-18(23(20,21)12-4-5-12)6-3-7-19(14)16-15-13/h12H,3-11H2,1-2H3. The molecule has 1 aliphatic heterocycles. The number of ether oxygens (including phenoxy) is 1. The fourth-order valence-corrected chi connectivity index (χ4v) is 4.53. The lowest BCUT2D eigenvalue weighted by Gasteiger charge is -2.19. The second-order valence-electron chi connectivity index (χ2n) is 6.49. The highest BCUT2D eigenvalue weighted by atomic mass is 32.2. The van der Waals surface area contributed by atoms with Crippen LogP contribution in [0.15, 0.2) is 0 Å². The summed E-state index contributed by atoms with van der Waals surface area (Å²) in [5.41, 5.74) is 1.62. The van der Waals surface area contributed by atoms with Gasteiger partial charge in [-0.05, 0) is 33.4 Å². The van der Waals surface area contributed by atoms with Crippen molar-refractivity contribution in [3.05, 3.63) is 11.4 Å². The smallest absolute Gasteiger partial charge is 0.217 e. The largest absolute Gasteiger partial charge is 0.374 e. The van der Waals surface area contributed by atoms with Crippen LogP contribution in [0.1, 0.15) is 30.7 Å². The van der Waals surface area contributed by atoms with Gasteiger partial charge in [-0.3, -0.25) is 0 Å². The third kappa shape index (κ3) is 3.90. The molecule has 0 amide bonds. The lowest BCUT2D eigenvalue weighted by atomic mass is 10.3. The van der Waals surface area contributed by atoms with Gasteiger partial charge >= 0.3 is 0 Å². The summed E-state index contributed by atoms with van der Waals surface area (Å²) in [7, 11) is 0.819. The molecule has 2 heterocycles. The van der Waals surface area contributed by atoms with Crippen molar-refractivity contribution in [2.45, 2.75) is 44.2 Å². The number of aromatic nitrogens is 3. The van der Waals surface area contributed by atoms with Gasteiger partial charge in [0.1, 0.15) is 5.69 Å². The Labute approximate surface area is 137 Å². The van der Waals surface area contributed by atoms with Crippen LogP contribution in [-0.2, 0) is 34.5 Å². The Morgan fingerprint density at radius 3 is 2.78 bits per heavy atom. The number of hydrogen-bond donors (Lipinski definition) is 0. The first-order valence-electron chi connectivity index (χ1n) is 8.11. The quantitative estimate of drug-likeness (QED) is 0.651. The van der Waals surface area contributed by atoms with Crippen LogP contribution in [0, 0.1) is 0 Å². The summed E-state index contributed by atoms with van der Waals surface area (Å²) in [5, 5.41) is 8.17. The fraction of sp³-hybridized carbons (Fsp3) is 0.857. The maximum atomic E-state index is 12.5. The molecule has 1 fully saturated rings. The first-order valence-corrected chi connectivity index (χ1v) is 9.61. The molecule has 0 aromatic carbocycles. The van der Waals surface area contributed by atoms with Crippen LogP contribution < -0.4 is 0 Å². The molecule has 0 radical (unpaired) electrons. The molecule has 0 unspecified atom stereocenters. The Morgan fingerprint density at radius 1 is 1.30 bits per heavy atom. The molecule has 9 heteroatoms. The van der Waals surface area contributed by atoms with Crippen molar-refractivity contribution in [1.82, 2.24) is 24.2 Å². The molecule has 0 spiro atoms. The van der Waals surface area contributed by atoms with E-state index in [0.717, 1.165) is 37.2 Å². The molecule has 2 aliphatic rings. The molecule has 130 valence electrons. The first kappa shape index (κ1) is 16.8. The Balaban J connectivity index is 1.68. The Morgan fingerprint density at radius 2 is 2.09 bits per heavy atom. The number of rotatable bonds is 7. The molecular formula is C14H25N5O3S. The summed E-state index contributed by atoms with van der Waals surface area (Å²) in [5.74, 6) is 0. The lowest BCUT2D eigenvalue weighted by molar-refractivity contribution is 0.102. The molecule has 23 heavy (non-hydrogen) atoms. The van der Waals surface area contributed by atoms with E-state index in [0.29, 0.717) is 32.8 Å². The van der Waals surface area contributed by atoms with E-state index < -0.39 is 10.0 Å². The van der Waals surface area contributed by atoms with E-state index in [1.54, 1.807) is 4.31 Å². The van der Waals surface area contributed by atoms with Crippen LogP contribution >= 0.6 is 0 Å². The average Bonchev–Trinajstić information content (AvgIpc) is 3.30. The zero-order valence-electron chi connectivity index (χ0n) is 13.8. The van der Waals surface area contributed by atoms with Gasteiger partial charge < -0.3 is 9.64 Å². The molecule has 1 saturated carbocycles. The second kappa shape index (κ2) is 6.84. The highest BCUT2D eigenvalue weighted by Gasteiger charge is 2.41. The molecular weight excluding hydrogens is 318 g/mol. The lowest BCUT2D eigenvalue weighted by Crippen LogP contribution is -2.33. The van der Waals surface area contributed by atoms with E-state index >= 15 is 0 Å². The maximum Gasteiger partial charge on any atom is 0.217 e. The minimum atomic E-state index is -3.17. The van der Waals surface area contributed by atoms with Gasteiger partial charge in [-0.25, -0.2) is 13.1 Å². The molecule has 1 aliphatic carbocycles. The van der Waals surface area contributed by atoms with E-state index in [9.17, 15) is 8.42 Å². The second-order valence-corrected chi connectivity index (χ2v) is 8.71. The van der Waals surface area contributed by atoms with Crippen LogP contribution in [0.5, 0.6) is 0 Å². The summed E-state index contributed by atoms with van der Waals surface area (Å²) in [6.07, 6.45) is 2.34. The Bertz CT molecular complexity index is 639. The minimum Gasteiger partial charge on any atom is -0.374 e. The van der Waals surface area contributed by atoms with Gasteiger partial charge in [0.15, 0.2) is 0 Å². The van der Waals surface area contributed by atoms with Crippen molar-refractivity contribution < 1.29 is 13.2 Å². The summed E-state index contributed by atoms with van der Waals surface area (Å²) < 4.78 is 34.1. The number of nitrogens with zero attached hydrogens (tertiary/aromatic N) is 5. The number of hydrogen-bond acceptors (Lipinski definition) is 6. The van der Waals surface area contributed by atoms with Gasteiger partial charge in [0, 0.05) is 19.6 Å². The third-order valence-corrected chi connectivity index (χ3v) is 6.59. The molecule has 0 atom stereocenters. The molecule has 1 aromatic heterocycles. The van der Waals surface area contributed by atoms with Crippen molar-refractivity contribution in [1.29, 1.82) is 0 Å². The number of fused-ring (bicyclic) bond motifs is 1. The Kier molecular flexibility index (Phi) is 5.00. The monoisotopic (exact) mass is 343 g/mol. The molecule has 3 rings (SSSR count). The minimum absolute atomic E-state index is 0.176. The van der Waals surface area contributed by atoms with Crippen molar-refractivity contribution in [2.24, 2.45) is 0 Å². The highest BCUT2D eigenvalue weighted by molar-refractivity contribution is 7.90. The number of aryl methyl sites for hydroxylation is 1. The number of likely N-dealkylation sites (N-methyl/N-ethyl adjacent to an activating group) is 1. The van der Waals surface area contributed by atoms with Crippen molar-refractivity contribution in [2.75, 3.05) is 33.8 Å². The predicted octanol–water partition coefficient (Wildman–Crippen LogP) is 0.0542. The van der Waals surface area contributed by atoms with E-state index in [-0.39, 0.29) is 5.25 Å². The molecule has 8 nitrogen and oxygen atoms in total. The average molecular weight is 343 g/mol.